The molecule has 0 fully saturated rings. The van der Waals surface area contributed by atoms with Crippen molar-refractivity contribution in [2.75, 3.05) is 13.1 Å². The molecule has 28 heavy (non-hydrogen) atoms. The van der Waals surface area contributed by atoms with Crippen molar-refractivity contribution in [3.63, 3.8) is 0 Å². The highest BCUT2D eigenvalue weighted by atomic mass is 16.4. The van der Waals surface area contributed by atoms with Gasteiger partial charge in [0.2, 0.25) is 5.91 Å². The molecule has 2 aromatic carbocycles. The first kappa shape index (κ1) is 21.2. The van der Waals surface area contributed by atoms with Gasteiger partial charge in [0.25, 0.3) is 5.91 Å². The second-order valence-corrected chi connectivity index (χ2v) is 7.62. The van der Waals surface area contributed by atoms with E-state index in [1.54, 1.807) is 24.3 Å². The molecule has 0 heterocycles. The summed E-state index contributed by atoms with van der Waals surface area (Å²) in [7, 11) is 0. The van der Waals surface area contributed by atoms with Gasteiger partial charge in [-0.05, 0) is 47.2 Å². The van der Waals surface area contributed by atoms with Crippen LogP contribution in [0.1, 0.15) is 52.6 Å². The number of nitrogens with one attached hydrogen (secondary N) is 2. The zero-order chi connectivity index (χ0) is 20.7. The molecule has 0 spiro atoms. The topological polar surface area (TPSA) is 95.5 Å². The van der Waals surface area contributed by atoms with Crippen LogP contribution in [0.4, 0.5) is 0 Å². The van der Waals surface area contributed by atoms with E-state index >= 15 is 0 Å². The van der Waals surface area contributed by atoms with Crippen molar-refractivity contribution >= 4 is 17.8 Å². The van der Waals surface area contributed by atoms with Crippen molar-refractivity contribution < 1.29 is 19.5 Å². The molecule has 2 amide bonds. The molecule has 0 aromatic heterocycles. The van der Waals surface area contributed by atoms with E-state index < -0.39 is 5.97 Å². The summed E-state index contributed by atoms with van der Waals surface area (Å²) in [5, 5.41) is 14.3. The molecule has 0 atom stereocenters. The van der Waals surface area contributed by atoms with Gasteiger partial charge in [0, 0.05) is 12.1 Å². The molecule has 3 N–H and O–H groups in total. The summed E-state index contributed by atoms with van der Waals surface area (Å²) in [4.78, 5) is 35.0. The van der Waals surface area contributed by atoms with E-state index in [9.17, 15) is 14.4 Å². The van der Waals surface area contributed by atoms with Gasteiger partial charge in [0.05, 0.1) is 12.1 Å². The fraction of sp³-hybridized carbons (Fsp3) is 0.318. The van der Waals surface area contributed by atoms with Crippen LogP contribution in [0.3, 0.4) is 0 Å². The third kappa shape index (κ3) is 6.23. The fourth-order valence-corrected chi connectivity index (χ4v) is 2.65. The Morgan fingerprint density at radius 1 is 0.929 bits per heavy atom. The lowest BCUT2D eigenvalue weighted by molar-refractivity contribution is -0.120. The minimum Gasteiger partial charge on any atom is -0.478 e. The molecule has 6 heteroatoms. The molecule has 2 rings (SSSR count). The summed E-state index contributed by atoms with van der Waals surface area (Å²) < 4.78 is 0. The maximum absolute atomic E-state index is 12.2. The molecule has 0 radical (unpaired) electrons. The Morgan fingerprint density at radius 2 is 1.61 bits per heavy atom. The minimum absolute atomic E-state index is 0.0128. The van der Waals surface area contributed by atoms with Gasteiger partial charge >= 0.3 is 5.97 Å². The highest BCUT2D eigenvalue weighted by molar-refractivity contribution is 5.96. The van der Waals surface area contributed by atoms with E-state index in [-0.39, 0.29) is 29.3 Å². The maximum Gasteiger partial charge on any atom is 0.335 e. The van der Waals surface area contributed by atoms with Gasteiger partial charge in [-0.15, -0.1) is 0 Å². The lowest BCUT2D eigenvalue weighted by Gasteiger charge is -2.19. The number of rotatable bonds is 7. The van der Waals surface area contributed by atoms with E-state index in [1.807, 2.05) is 18.2 Å². The first-order chi connectivity index (χ1) is 13.2. The number of carboxylic acids is 1. The maximum atomic E-state index is 12.2. The van der Waals surface area contributed by atoms with Crippen molar-refractivity contribution in [3.05, 3.63) is 70.8 Å². The van der Waals surface area contributed by atoms with Gasteiger partial charge in [-0.3, -0.25) is 9.59 Å². The molecule has 2 aromatic rings. The van der Waals surface area contributed by atoms with Crippen LogP contribution in [0.25, 0.3) is 0 Å². The number of hydrogen-bond donors (Lipinski definition) is 3. The SMILES string of the molecule is CC(C)(C)c1ccc(C(=O)NCC(=O)NCCc2cccc(C(=O)O)c2)cc1. The average molecular weight is 382 g/mol. The van der Waals surface area contributed by atoms with Gasteiger partial charge in [-0.1, -0.05) is 45.0 Å². The third-order valence-electron chi connectivity index (χ3n) is 4.33. The average Bonchev–Trinajstić information content (AvgIpc) is 2.65. The van der Waals surface area contributed by atoms with E-state index in [0.717, 1.165) is 11.1 Å². The van der Waals surface area contributed by atoms with Crippen molar-refractivity contribution in [2.24, 2.45) is 0 Å². The molecular weight excluding hydrogens is 356 g/mol. The summed E-state index contributed by atoms with van der Waals surface area (Å²) in [6.07, 6.45) is 0.509. The molecule has 148 valence electrons. The molecule has 0 aliphatic rings. The minimum atomic E-state index is -0.982. The molecule has 0 unspecified atom stereocenters. The van der Waals surface area contributed by atoms with Gasteiger partial charge in [0.1, 0.15) is 0 Å². The molecule has 0 saturated heterocycles. The number of benzene rings is 2. The highest BCUT2D eigenvalue weighted by Gasteiger charge is 2.14. The lowest BCUT2D eigenvalue weighted by atomic mass is 9.87. The summed E-state index contributed by atoms with van der Waals surface area (Å²) >= 11 is 0. The zero-order valence-electron chi connectivity index (χ0n) is 16.4. The van der Waals surface area contributed by atoms with Crippen LogP contribution < -0.4 is 10.6 Å². The van der Waals surface area contributed by atoms with E-state index in [1.165, 1.54) is 6.07 Å². The first-order valence-electron chi connectivity index (χ1n) is 9.14. The molecule has 0 bridgehead atoms. The summed E-state index contributed by atoms with van der Waals surface area (Å²) in [6.45, 7) is 6.55. The van der Waals surface area contributed by atoms with Crippen LogP contribution in [0, 0.1) is 0 Å². The number of aromatic carboxylic acids is 1. The summed E-state index contributed by atoms with van der Waals surface area (Å²) in [5.74, 6) is -1.58. The smallest absolute Gasteiger partial charge is 0.335 e. The Kier molecular flexibility index (Phi) is 6.93. The monoisotopic (exact) mass is 382 g/mol. The standard InChI is InChI=1S/C22H26N2O4/c1-22(2,3)18-9-7-16(8-10-18)20(26)24-14-19(25)23-12-11-15-5-4-6-17(13-15)21(27)28/h4-10,13H,11-12,14H2,1-3H3,(H,23,25)(H,24,26)(H,27,28). The Balaban J connectivity index is 1.77. The Bertz CT molecular complexity index is 852. The van der Waals surface area contributed by atoms with Crippen LogP contribution in [-0.2, 0) is 16.6 Å². The Morgan fingerprint density at radius 3 is 2.21 bits per heavy atom. The van der Waals surface area contributed by atoms with Crippen LogP contribution in [0.15, 0.2) is 48.5 Å². The normalized spacial score (nSPS) is 11.0. The van der Waals surface area contributed by atoms with Gasteiger partial charge in [0.15, 0.2) is 0 Å². The van der Waals surface area contributed by atoms with E-state index in [0.29, 0.717) is 18.5 Å². The van der Waals surface area contributed by atoms with Crippen LogP contribution in [0.2, 0.25) is 0 Å². The van der Waals surface area contributed by atoms with Crippen molar-refractivity contribution in [2.45, 2.75) is 32.6 Å². The predicted molar refractivity (Wildman–Crippen MR) is 108 cm³/mol. The highest BCUT2D eigenvalue weighted by Crippen LogP contribution is 2.22. The van der Waals surface area contributed by atoms with Crippen LogP contribution >= 0.6 is 0 Å². The second-order valence-electron chi connectivity index (χ2n) is 7.62. The molecule has 0 saturated carbocycles. The van der Waals surface area contributed by atoms with Gasteiger partial charge in [-0.25, -0.2) is 4.79 Å². The lowest BCUT2D eigenvalue weighted by Crippen LogP contribution is -2.37. The molecular formula is C22H26N2O4. The predicted octanol–water partition coefficient (Wildman–Crippen LogP) is 2.77. The van der Waals surface area contributed by atoms with Crippen molar-refractivity contribution in [1.29, 1.82) is 0 Å². The number of carbonyl (C=O) groups is 3. The van der Waals surface area contributed by atoms with Crippen LogP contribution in [-0.4, -0.2) is 36.0 Å². The molecule has 6 nitrogen and oxygen atoms in total. The van der Waals surface area contributed by atoms with Crippen LogP contribution in [0.5, 0.6) is 0 Å². The van der Waals surface area contributed by atoms with E-state index in [2.05, 4.69) is 31.4 Å². The summed E-state index contributed by atoms with van der Waals surface area (Å²) in [6, 6.07) is 13.9. The van der Waals surface area contributed by atoms with Gasteiger partial charge in [-0.2, -0.15) is 0 Å². The largest absolute Gasteiger partial charge is 0.478 e. The summed E-state index contributed by atoms with van der Waals surface area (Å²) in [5.41, 5.74) is 2.69. The zero-order valence-corrected chi connectivity index (χ0v) is 16.4. The number of carbonyl (C=O) groups excluding carboxylic acids is 2. The quantitative estimate of drug-likeness (QED) is 0.686. The number of hydrogen-bond acceptors (Lipinski definition) is 3. The number of carboxylic acid groups (broad SMARTS) is 1. The fourth-order valence-electron chi connectivity index (χ4n) is 2.65. The first-order valence-corrected chi connectivity index (χ1v) is 9.14. The van der Waals surface area contributed by atoms with Crippen molar-refractivity contribution in [1.82, 2.24) is 10.6 Å². The Labute approximate surface area is 165 Å². The van der Waals surface area contributed by atoms with E-state index in [4.69, 9.17) is 5.11 Å². The van der Waals surface area contributed by atoms with Gasteiger partial charge < -0.3 is 15.7 Å². The van der Waals surface area contributed by atoms with Crippen molar-refractivity contribution in [3.8, 4) is 0 Å². The molecule has 0 aliphatic heterocycles. The molecule has 0 aliphatic carbocycles. The number of amides is 2. The Hall–Kier alpha value is -3.15. The third-order valence-corrected chi connectivity index (χ3v) is 4.33. The second kappa shape index (κ2) is 9.17.